The molecule has 21 heavy (non-hydrogen) atoms. The molecule has 1 amide bonds. The van der Waals surface area contributed by atoms with Crippen molar-refractivity contribution >= 4 is 23.4 Å². The Morgan fingerprint density at radius 3 is 2.67 bits per heavy atom. The van der Waals surface area contributed by atoms with E-state index in [1.807, 2.05) is 43.3 Å². The summed E-state index contributed by atoms with van der Waals surface area (Å²) in [6, 6.07) is 16.0. The van der Waals surface area contributed by atoms with Crippen molar-refractivity contribution in [2.24, 2.45) is 0 Å². The lowest BCUT2D eigenvalue weighted by Gasteiger charge is -2.08. The molecule has 0 spiro atoms. The van der Waals surface area contributed by atoms with Gasteiger partial charge >= 0.3 is 0 Å². The summed E-state index contributed by atoms with van der Waals surface area (Å²) in [7, 11) is 0. The van der Waals surface area contributed by atoms with Gasteiger partial charge in [-0.2, -0.15) is 0 Å². The Morgan fingerprint density at radius 2 is 1.90 bits per heavy atom. The number of amides is 1. The SMILES string of the molecule is Cc1cccc(SCC(=O)NCCc2ccccc2)c1N. The van der Waals surface area contributed by atoms with Crippen LogP contribution in [0.25, 0.3) is 0 Å². The Morgan fingerprint density at radius 1 is 1.14 bits per heavy atom. The standard InChI is InChI=1S/C17H20N2OS/c1-13-6-5-9-15(17(13)18)21-12-16(20)19-11-10-14-7-3-2-4-8-14/h2-9H,10-12,18H2,1H3,(H,19,20). The number of aryl methyl sites for hydroxylation is 1. The van der Waals surface area contributed by atoms with Gasteiger partial charge in [-0.05, 0) is 30.5 Å². The number of para-hydroxylation sites is 1. The van der Waals surface area contributed by atoms with Crippen LogP contribution in [0.3, 0.4) is 0 Å². The Hall–Kier alpha value is -1.94. The smallest absolute Gasteiger partial charge is 0.230 e. The Kier molecular flexibility index (Phi) is 5.69. The fourth-order valence-electron chi connectivity index (χ4n) is 1.96. The van der Waals surface area contributed by atoms with Gasteiger partial charge < -0.3 is 11.1 Å². The van der Waals surface area contributed by atoms with Crippen molar-refractivity contribution in [2.75, 3.05) is 18.0 Å². The molecule has 0 unspecified atom stereocenters. The zero-order chi connectivity index (χ0) is 15.1. The molecule has 0 heterocycles. The number of hydrogen-bond donors (Lipinski definition) is 2. The highest BCUT2D eigenvalue weighted by Crippen LogP contribution is 2.26. The topological polar surface area (TPSA) is 55.1 Å². The highest BCUT2D eigenvalue weighted by molar-refractivity contribution is 8.00. The molecule has 0 aliphatic heterocycles. The number of carbonyl (C=O) groups excluding carboxylic acids is 1. The lowest BCUT2D eigenvalue weighted by atomic mass is 10.1. The van der Waals surface area contributed by atoms with E-state index in [1.54, 1.807) is 0 Å². The molecule has 0 bridgehead atoms. The van der Waals surface area contributed by atoms with E-state index in [9.17, 15) is 4.79 Å². The molecule has 0 saturated carbocycles. The monoisotopic (exact) mass is 300 g/mol. The highest BCUT2D eigenvalue weighted by Gasteiger charge is 2.06. The van der Waals surface area contributed by atoms with Gasteiger partial charge in [-0.1, -0.05) is 42.5 Å². The van der Waals surface area contributed by atoms with E-state index in [-0.39, 0.29) is 5.91 Å². The van der Waals surface area contributed by atoms with E-state index in [0.717, 1.165) is 22.6 Å². The van der Waals surface area contributed by atoms with Crippen molar-refractivity contribution in [2.45, 2.75) is 18.2 Å². The maximum Gasteiger partial charge on any atom is 0.230 e. The van der Waals surface area contributed by atoms with Crippen LogP contribution in [0.1, 0.15) is 11.1 Å². The molecule has 4 heteroatoms. The Balaban J connectivity index is 1.74. The predicted molar refractivity (Wildman–Crippen MR) is 89.5 cm³/mol. The van der Waals surface area contributed by atoms with E-state index >= 15 is 0 Å². The van der Waals surface area contributed by atoms with E-state index in [2.05, 4.69) is 17.4 Å². The molecule has 0 atom stereocenters. The van der Waals surface area contributed by atoms with Gasteiger partial charge in [-0.3, -0.25) is 4.79 Å². The normalized spacial score (nSPS) is 10.3. The van der Waals surface area contributed by atoms with E-state index in [1.165, 1.54) is 17.3 Å². The first-order valence-corrected chi connectivity index (χ1v) is 7.94. The largest absolute Gasteiger partial charge is 0.398 e. The molecule has 3 N–H and O–H groups in total. The van der Waals surface area contributed by atoms with Crippen molar-refractivity contribution in [3.63, 3.8) is 0 Å². The van der Waals surface area contributed by atoms with Crippen LogP contribution in [0.2, 0.25) is 0 Å². The van der Waals surface area contributed by atoms with Crippen molar-refractivity contribution in [1.82, 2.24) is 5.32 Å². The van der Waals surface area contributed by atoms with Crippen LogP contribution in [-0.4, -0.2) is 18.2 Å². The quantitative estimate of drug-likeness (QED) is 0.637. The number of nitrogen functional groups attached to an aromatic ring is 1. The molecule has 0 aliphatic carbocycles. The summed E-state index contributed by atoms with van der Waals surface area (Å²) in [5.41, 5.74) is 9.03. The number of hydrogen-bond acceptors (Lipinski definition) is 3. The van der Waals surface area contributed by atoms with Gasteiger partial charge in [0.1, 0.15) is 0 Å². The lowest BCUT2D eigenvalue weighted by Crippen LogP contribution is -2.27. The van der Waals surface area contributed by atoms with Crippen LogP contribution >= 0.6 is 11.8 Å². The van der Waals surface area contributed by atoms with E-state index < -0.39 is 0 Å². The van der Waals surface area contributed by atoms with Gasteiger partial charge in [0.15, 0.2) is 0 Å². The third-order valence-corrected chi connectivity index (χ3v) is 4.30. The van der Waals surface area contributed by atoms with Crippen LogP contribution in [0.15, 0.2) is 53.4 Å². The minimum absolute atomic E-state index is 0.0387. The average molecular weight is 300 g/mol. The third-order valence-electron chi connectivity index (χ3n) is 3.22. The van der Waals surface area contributed by atoms with Crippen molar-refractivity contribution in [3.8, 4) is 0 Å². The van der Waals surface area contributed by atoms with Crippen molar-refractivity contribution < 1.29 is 4.79 Å². The molecule has 2 rings (SSSR count). The summed E-state index contributed by atoms with van der Waals surface area (Å²) in [5, 5.41) is 2.93. The fraction of sp³-hybridized carbons (Fsp3) is 0.235. The zero-order valence-electron chi connectivity index (χ0n) is 12.1. The highest BCUT2D eigenvalue weighted by atomic mass is 32.2. The van der Waals surface area contributed by atoms with Crippen LogP contribution in [0, 0.1) is 6.92 Å². The molecule has 0 aromatic heterocycles. The lowest BCUT2D eigenvalue weighted by molar-refractivity contribution is -0.118. The number of rotatable bonds is 6. The minimum Gasteiger partial charge on any atom is -0.398 e. The first kappa shape index (κ1) is 15.4. The summed E-state index contributed by atoms with van der Waals surface area (Å²) >= 11 is 1.48. The fourth-order valence-corrected chi connectivity index (χ4v) is 2.84. The van der Waals surface area contributed by atoms with E-state index in [0.29, 0.717) is 12.3 Å². The second kappa shape index (κ2) is 7.74. The van der Waals surface area contributed by atoms with Gasteiger partial charge in [0.2, 0.25) is 5.91 Å². The Labute approximate surface area is 129 Å². The molecular weight excluding hydrogens is 280 g/mol. The number of benzene rings is 2. The van der Waals surface area contributed by atoms with E-state index in [4.69, 9.17) is 5.73 Å². The molecule has 2 aromatic carbocycles. The average Bonchev–Trinajstić information content (AvgIpc) is 2.50. The molecule has 110 valence electrons. The molecule has 0 aliphatic rings. The van der Waals surface area contributed by atoms with Gasteiger partial charge in [0.05, 0.1) is 5.75 Å². The van der Waals surface area contributed by atoms with Crippen LogP contribution in [0.4, 0.5) is 5.69 Å². The van der Waals surface area contributed by atoms with Gasteiger partial charge in [-0.25, -0.2) is 0 Å². The summed E-state index contributed by atoms with van der Waals surface area (Å²) < 4.78 is 0. The first-order chi connectivity index (χ1) is 10.2. The van der Waals surface area contributed by atoms with Gasteiger partial charge in [0, 0.05) is 17.1 Å². The molecular formula is C17H20N2OS. The Bertz CT molecular complexity index is 599. The second-order valence-corrected chi connectivity index (χ2v) is 5.88. The molecule has 2 aromatic rings. The zero-order valence-corrected chi connectivity index (χ0v) is 13.0. The van der Waals surface area contributed by atoms with Gasteiger partial charge in [0.25, 0.3) is 0 Å². The van der Waals surface area contributed by atoms with Crippen molar-refractivity contribution in [3.05, 3.63) is 59.7 Å². The first-order valence-electron chi connectivity index (χ1n) is 6.95. The number of anilines is 1. The number of nitrogens with two attached hydrogens (primary N) is 1. The molecule has 3 nitrogen and oxygen atoms in total. The number of carbonyl (C=O) groups is 1. The van der Waals surface area contributed by atoms with Crippen LogP contribution in [-0.2, 0) is 11.2 Å². The summed E-state index contributed by atoms with van der Waals surface area (Å²) in [5.74, 6) is 0.430. The van der Waals surface area contributed by atoms with Crippen LogP contribution in [0.5, 0.6) is 0 Å². The van der Waals surface area contributed by atoms with Gasteiger partial charge in [-0.15, -0.1) is 11.8 Å². The molecule has 0 radical (unpaired) electrons. The summed E-state index contributed by atoms with van der Waals surface area (Å²) in [6.45, 7) is 2.63. The maximum absolute atomic E-state index is 11.8. The third kappa shape index (κ3) is 4.83. The number of thioether (sulfide) groups is 1. The predicted octanol–water partition coefficient (Wildman–Crippen LogP) is 3.03. The summed E-state index contributed by atoms with van der Waals surface area (Å²) in [4.78, 5) is 12.8. The summed E-state index contributed by atoms with van der Waals surface area (Å²) in [6.07, 6.45) is 0.851. The second-order valence-electron chi connectivity index (χ2n) is 4.86. The molecule has 0 saturated heterocycles. The maximum atomic E-state index is 11.8. The number of nitrogens with one attached hydrogen (secondary N) is 1. The minimum atomic E-state index is 0.0387. The van der Waals surface area contributed by atoms with Crippen LogP contribution < -0.4 is 11.1 Å². The van der Waals surface area contributed by atoms with Crippen molar-refractivity contribution in [1.29, 1.82) is 0 Å². The molecule has 0 fully saturated rings.